The van der Waals surface area contributed by atoms with Crippen LogP contribution in [0.2, 0.25) is 0 Å². The van der Waals surface area contributed by atoms with E-state index in [1.165, 1.54) is 31.5 Å². The molecule has 0 amide bonds. The average molecular weight is 204 g/mol. The van der Waals surface area contributed by atoms with E-state index in [0.29, 0.717) is 5.41 Å². The molecule has 2 N–H and O–H groups in total. The zero-order valence-corrected chi connectivity index (χ0v) is 9.66. The smallest absolute Gasteiger partial charge is 0.0314 e. The normalized spacial score (nSPS) is 21.5. The van der Waals surface area contributed by atoms with Crippen LogP contribution in [-0.2, 0) is 5.41 Å². The molecular formula is C13H20N2. The van der Waals surface area contributed by atoms with E-state index in [0.717, 1.165) is 5.69 Å². The van der Waals surface area contributed by atoms with E-state index < -0.39 is 0 Å². The average Bonchev–Trinajstić information content (AvgIpc) is 2.24. The number of nitrogen functional groups attached to an aromatic ring is 1. The Hall–Kier alpha value is -1.02. The van der Waals surface area contributed by atoms with Crippen molar-refractivity contribution in [1.82, 2.24) is 4.90 Å². The summed E-state index contributed by atoms with van der Waals surface area (Å²) in [6, 6.07) is 8.39. The maximum absolute atomic E-state index is 5.71. The molecule has 0 radical (unpaired) electrons. The van der Waals surface area contributed by atoms with Crippen molar-refractivity contribution in [1.29, 1.82) is 0 Å². The van der Waals surface area contributed by atoms with Crippen LogP contribution in [0.5, 0.6) is 0 Å². The van der Waals surface area contributed by atoms with Gasteiger partial charge in [-0.1, -0.05) is 19.1 Å². The van der Waals surface area contributed by atoms with Crippen LogP contribution in [0.4, 0.5) is 5.69 Å². The molecule has 2 nitrogen and oxygen atoms in total. The van der Waals surface area contributed by atoms with Crippen molar-refractivity contribution >= 4 is 5.69 Å². The molecule has 0 bridgehead atoms. The summed E-state index contributed by atoms with van der Waals surface area (Å²) >= 11 is 0. The van der Waals surface area contributed by atoms with Gasteiger partial charge in [0.15, 0.2) is 0 Å². The Bertz CT molecular complexity index is 321. The van der Waals surface area contributed by atoms with E-state index in [9.17, 15) is 0 Å². The molecule has 0 aromatic heterocycles. The van der Waals surface area contributed by atoms with Gasteiger partial charge in [-0.2, -0.15) is 0 Å². The standard InChI is InChI=1S/C13H20N2/c1-13(7-9-15(2)10-8-13)11-3-5-12(14)6-4-11/h3-6H,7-10,14H2,1-2H3. The number of nitrogens with two attached hydrogens (primary N) is 1. The topological polar surface area (TPSA) is 29.3 Å². The number of nitrogens with zero attached hydrogens (tertiary/aromatic N) is 1. The second kappa shape index (κ2) is 3.86. The van der Waals surface area contributed by atoms with Gasteiger partial charge < -0.3 is 10.6 Å². The van der Waals surface area contributed by atoms with Crippen molar-refractivity contribution in [3.05, 3.63) is 29.8 Å². The minimum Gasteiger partial charge on any atom is -0.399 e. The maximum atomic E-state index is 5.71. The van der Waals surface area contributed by atoms with Gasteiger partial charge in [0.05, 0.1) is 0 Å². The Labute approximate surface area is 92.1 Å². The molecule has 0 spiro atoms. The van der Waals surface area contributed by atoms with Crippen molar-refractivity contribution in [2.45, 2.75) is 25.2 Å². The van der Waals surface area contributed by atoms with Crippen LogP contribution >= 0.6 is 0 Å². The zero-order chi connectivity index (χ0) is 10.9. The van der Waals surface area contributed by atoms with Crippen molar-refractivity contribution in [2.75, 3.05) is 25.9 Å². The Morgan fingerprint density at radius 2 is 1.67 bits per heavy atom. The molecule has 1 aliphatic heterocycles. The molecule has 0 saturated carbocycles. The largest absolute Gasteiger partial charge is 0.399 e. The predicted molar refractivity (Wildman–Crippen MR) is 64.9 cm³/mol. The Morgan fingerprint density at radius 1 is 1.13 bits per heavy atom. The van der Waals surface area contributed by atoms with Gasteiger partial charge in [-0.05, 0) is 56.1 Å². The molecule has 1 heterocycles. The molecular weight excluding hydrogens is 184 g/mol. The third-order valence-electron chi connectivity index (χ3n) is 3.70. The molecule has 1 aliphatic rings. The van der Waals surface area contributed by atoms with Crippen LogP contribution in [0, 0.1) is 0 Å². The number of likely N-dealkylation sites (tertiary alicyclic amines) is 1. The van der Waals surface area contributed by atoms with Crippen molar-refractivity contribution < 1.29 is 0 Å². The molecule has 0 unspecified atom stereocenters. The summed E-state index contributed by atoms with van der Waals surface area (Å²) in [6.07, 6.45) is 2.49. The van der Waals surface area contributed by atoms with E-state index in [4.69, 9.17) is 5.73 Å². The first kappa shape index (κ1) is 10.5. The number of piperidine rings is 1. The van der Waals surface area contributed by atoms with Crippen LogP contribution in [-0.4, -0.2) is 25.0 Å². The summed E-state index contributed by atoms with van der Waals surface area (Å²) < 4.78 is 0. The second-order valence-electron chi connectivity index (χ2n) is 4.99. The van der Waals surface area contributed by atoms with E-state index in [2.05, 4.69) is 31.0 Å². The third-order valence-corrected chi connectivity index (χ3v) is 3.70. The van der Waals surface area contributed by atoms with Crippen LogP contribution in [0.25, 0.3) is 0 Å². The second-order valence-corrected chi connectivity index (χ2v) is 4.99. The number of hydrogen-bond acceptors (Lipinski definition) is 2. The summed E-state index contributed by atoms with van der Waals surface area (Å²) in [5.41, 5.74) is 8.35. The van der Waals surface area contributed by atoms with Gasteiger partial charge in [0, 0.05) is 5.69 Å². The molecule has 0 atom stereocenters. The summed E-state index contributed by atoms with van der Waals surface area (Å²) in [6.45, 7) is 4.76. The van der Waals surface area contributed by atoms with Gasteiger partial charge in [0.25, 0.3) is 0 Å². The van der Waals surface area contributed by atoms with Gasteiger partial charge >= 0.3 is 0 Å². The first-order valence-electron chi connectivity index (χ1n) is 5.65. The fourth-order valence-electron chi connectivity index (χ4n) is 2.29. The number of hydrogen-bond donors (Lipinski definition) is 1. The molecule has 1 aromatic rings. The number of rotatable bonds is 1. The van der Waals surface area contributed by atoms with Crippen LogP contribution in [0.1, 0.15) is 25.3 Å². The molecule has 82 valence electrons. The quantitative estimate of drug-likeness (QED) is 0.711. The fourth-order valence-corrected chi connectivity index (χ4v) is 2.29. The first-order valence-corrected chi connectivity index (χ1v) is 5.65. The van der Waals surface area contributed by atoms with Gasteiger partial charge in [0.2, 0.25) is 0 Å². The summed E-state index contributed by atoms with van der Waals surface area (Å²) in [5.74, 6) is 0. The van der Waals surface area contributed by atoms with E-state index in [1.54, 1.807) is 0 Å². The molecule has 2 rings (SSSR count). The van der Waals surface area contributed by atoms with Gasteiger partial charge in [-0.25, -0.2) is 0 Å². The third kappa shape index (κ3) is 2.15. The maximum Gasteiger partial charge on any atom is 0.0314 e. The SMILES string of the molecule is CN1CCC(C)(c2ccc(N)cc2)CC1. The Balaban J connectivity index is 2.18. The molecule has 15 heavy (non-hydrogen) atoms. The van der Waals surface area contributed by atoms with Crippen molar-refractivity contribution in [3.63, 3.8) is 0 Å². The summed E-state index contributed by atoms with van der Waals surface area (Å²) in [4.78, 5) is 2.40. The van der Waals surface area contributed by atoms with Gasteiger partial charge in [0.1, 0.15) is 0 Å². The van der Waals surface area contributed by atoms with Crippen molar-refractivity contribution in [3.8, 4) is 0 Å². The Morgan fingerprint density at radius 3 is 2.20 bits per heavy atom. The summed E-state index contributed by atoms with van der Waals surface area (Å²) in [5, 5.41) is 0. The molecule has 1 fully saturated rings. The van der Waals surface area contributed by atoms with E-state index in [-0.39, 0.29) is 0 Å². The Kier molecular flexibility index (Phi) is 2.70. The lowest BCUT2D eigenvalue weighted by Crippen LogP contribution is -2.38. The highest BCUT2D eigenvalue weighted by Gasteiger charge is 2.30. The minimum absolute atomic E-state index is 0.347. The highest BCUT2D eigenvalue weighted by atomic mass is 15.1. The number of anilines is 1. The van der Waals surface area contributed by atoms with E-state index >= 15 is 0 Å². The van der Waals surface area contributed by atoms with Crippen LogP contribution in [0.3, 0.4) is 0 Å². The lowest BCUT2D eigenvalue weighted by molar-refractivity contribution is 0.200. The highest BCUT2D eigenvalue weighted by molar-refractivity contribution is 5.41. The molecule has 0 aliphatic carbocycles. The monoisotopic (exact) mass is 204 g/mol. The van der Waals surface area contributed by atoms with Gasteiger partial charge in [-0.15, -0.1) is 0 Å². The molecule has 1 saturated heterocycles. The fraction of sp³-hybridized carbons (Fsp3) is 0.538. The lowest BCUT2D eigenvalue weighted by atomic mass is 9.74. The molecule has 2 heteroatoms. The minimum atomic E-state index is 0.347. The first-order chi connectivity index (χ1) is 7.10. The number of benzene rings is 1. The van der Waals surface area contributed by atoms with Crippen molar-refractivity contribution in [2.24, 2.45) is 0 Å². The van der Waals surface area contributed by atoms with Crippen LogP contribution < -0.4 is 5.73 Å². The zero-order valence-electron chi connectivity index (χ0n) is 9.66. The van der Waals surface area contributed by atoms with Gasteiger partial charge in [-0.3, -0.25) is 0 Å². The summed E-state index contributed by atoms with van der Waals surface area (Å²) in [7, 11) is 2.20. The molecule has 1 aromatic carbocycles. The van der Waals surface area contributed by atoms with E-state index in [1.807, 2.05) is 12.1 Å². The highest BCUT2D eigenvalue weighted by Crippen LogP contribution is 2.34. The van der Waals surface area contributed by atoms with Crippen LogP contribution in [0.15, 0.2) is 24.3 Å². The predicted octanol–water partition coefficient (Wildman–Crippen LogP) is 2.25. The lowest BCUT2D eigenvalue weighted by Gasteiger charge is -2.38.